The molecule has 118 valence electrons. The highest BCUT2D eigenvalue weighted by Gasteiger charge is 2.24. The van der Waals surface area contributed by atoms with Gasteiger partial charge in [-0.3, -0.25) is 4.90 Å². The minimum Gasteiger partial charge on any atom is -0.379 e. The largest absolute Gasteiger partial charge is 0.379 e. The van der Waals surface area contributed by atoms with E-state index in [9.17, 15) is 0 Å². The summed E-state index contributed by atoms with van der Waals surface area (Å²) in [6, 6.07) is 6.59. The van der Waals surface area contributed by atoms with Gasteiger partial charge < -0.3 is 15.0 Å². The quantitative estimate of drug-likeness (QED) is 0.914. The number of hydrogen-bond donors (Lipinski definition) is 2. The molecular formula is C17H22ClN3O. The summed E-state index contributed by atoms with van der Waals surface area (Å²) >= 11 is 6.13. The summed E-state index contributed by atoms with van der Waals surface area (Å²) in [5.41, 5.74) is 3.99. The molecule has 2 aliphatic rings. The normalized spacial score (nSPS) is 22.9. The van der Waals surface area contributed by atoms with Crippen LogP contribution in [0.5, 0.6) is 0 Å². The van der Waals surface area contributed by atoms with Crippen molar-refractivity contribution in [2.45, 2.75) is 18.9 Å². The van der Waals surface area contributed by atoms with Gasteiger partial charge in [0.2, 0.25) is 0 Å². The summed E-state index contributed by atoms with van der Waals surface area (Å²) in [7, 11) is 0. The number of nitrogens with zero attached hydrogens (tertiary/aromatic N) is 1. The van der Waals surface area contributed by atoms with E-state index in [1.165, 1.54) is 16.6 Å². The van der Waals surface area contributed by atoms with E-state index in [0.717, 1.165) is 62.8 Å². The van der Waals surface area contributed by atoms with Gasteiger partial charge in [0.05, 0.1) is 13.2 Å². The highest BCUT2D eigenvalue weighted by atomic mass is 35.5. The third kappa shape index (κ3) is 2.76. The van der Waals surface area contributed by atoms with Crippen molar-refractivity contribution in [1.29, 1.82) is 0 Å². The van der Waals surface area contributed by atoms with Crippen molar-refractivity contribution in [3.8, 4) is 0 Å². The fourth-order valence-corrected chi connectivity index (χ4v) is 3.84. The molecule has 2 aliphatic heterocycles. The lowest BCUT2D eigenvalue weighted by molar-refractivity contribution is 0.0360. The summed E-state index contributed by atoms with van der Waals surface area (Å²) in [6.45, 7) is 6.03. The van der Waals surface area contributed by atoms with Gasteiger partial charge >= 0.3 is 0 Å². The average molecular weight is 320 g/mol. The maximum atomic E-state index is 6.13. The third-order valence-electron chi connectivity index (χ3n) is 4.85. The van der Waals surface area contributed by atoms with Gasteiger partial charge in [0, 0.05) is 47.3 Å². The van der Waals surface area contributed by atoms with Crippen molar-refractivity contribution in [3.05, 3.63) is 34.5 Å². The maximum absolute atomic E-state index is 6.13. The van der Waals surface area contributed by atoms with Crippen LogP contribution in [0.3, 0.4) is 0 Å². The van der Waals surface area contributed by atoms with Crippen LogP contribution in [-0.2, 0) is 11.2 Å². The zero-order valence-electron chi connectivity index (χ0n) is 12.7. The van der Waals surface area contributed by atoms with Crippen LogP contribution < -0.4 is 5.32 Å². The highest BCUT2D eigenvalue weighted by molar-refractivity contribution is 6.31. The van der Waals surface area contributed by atoms with Gasteiger partial charge in [-0.25, -0.2) is 0 Å². The summed E-state index contributed by atoms with van der Waals surface area (Å²) in [4.78, 5) is 6.10. The molecule has 0 unspecified atom stereocenters. The van der Waals surface area contributed by atoms with E-state index in [4.69, 9.17) is 16.3 Å². The second kappa shape index (κ2) is 6.20. The lowest BCUT2D eigenvalue weighted by atomic mass is 9.97. The number of H-pyrrole nitrogens is 1. The molecule has 0 saturated carbocycles. The number of halogens is 1. The molecule has 1 aromatic carbocycles. The SMILES string of the molecule is Clc1ccc2c3c([nH]c2c1)[C@H](CCN1CCOCC1)NCC3. The first-order valence-electron chi connectivity index (χ1n) is 8.15. The number of benzene rings is 1. The van der Waals surface area contributed by atoms with Gasteiger partial charge in [-0.15, -0.1) is 0 Å². The second-order valence-electron chi connectivity index (χ2n) is 6.21. The number of rotatable bonds is 3. The van der Waals surface area contributed by atoms with Crippen LogP contribution in [0.4, 0.5) is 0 Å². The highest BCUT2D eigenvalue weighted by Crippen LogP contribution is 2.32. The molecule has 2 aromatic rings. The van der Waals surface area contributed by atoms with Gasteiger partial charge in [0.25, 0.3) is 0 Å². The summed E-state index contributed by atoms with van der Waals surface area (Å²) in [5, 5.41) is 5.79. The molecule has 0 radical (unpaired) electrons. The Balaban J connectivity index is 1.54. The molecule has 0 amide bonds. The molecule has 4 nitrogen and oxygen atoms in total. The number of aromatic amines is 1. The number of fused-ring (bicyclic) bond motifs is 3. The van der Waals surface area contributed by atoms with Crippen molar-refractivity contribution in [3.63, 3.8) is 0 Å². The number of ether oxygens (including phenoxy) is 1. The van der Waals surface area contributed by atoms with E-state index in [0.29, 0.717) is 6.04 Å². The molecular weight excluding hydrogens is 298 g/mol. The van der Waals surface area contributed by atoms with E-state index < -0.39 is 0 Å². The molecule has 0 bridgehead atoms. The van der Waals surface area contributed by atoms with E-state index in [2.05, 4.69) is 21.3 Å². The summed E-state index contributed by atoms with van der Waals surface area (Å²) in [6.07, 6.45) is 2.22. The molecule has 5 heteroatoms. The Morgan fingerprint density at radius 1 is 1.27 bits per heavy atom. The van der Waals surface area contributed by atoms with E-state index in [-0.39, 0.29) is 0 Å². The first kappa shape index (κ1) is 14.5. The molecule has 1 saturated heterocycles. The molecule has 1 aromatic heterocycles. The number of aromatic nitrogens is 1. The second-order valence-corrected chi connectivity index (χ2v) is 6.64. The van der Waals surface area contributed by atoms with Crippen LogP contribution in [0.2, 0.25) is 5.02 Å². The Morgan fingerprint density at radius 2 is 2.14 bits per heavy atom. The smallest absolute Gasteiger partial charge is 0.0594 e. The number of nitrogens with one attached hydrogen (secondary N) is 2. The predicted octanol–water partition coefficient (Wildman–Crippen LogP) is 2.73. The zero-order chi connectivity index (χ0) is 14.9. The Labute approximate surface area is 135 Å². The van der Waals surface area contributed by atoms with Crippen LogP contribution in [-0.4, -0.2) is 49.3 Å². The Morgan fingerprint density at radius 3 is 3.00 bits per heavy atom. The van der Waals surface area contributed by atoms with Crippen molar-refractivity contribution >= 4 is 22.5 Å². The van der Waals surface area contributed by atoms with Crippen molar-refractivity contribution < 1.29 is 4.74 Å². The molecule has 0 spiro atoms. The van der Waals surface area contributed by atoms with Crippen molar-refractivity contribution in [2.75, 3.05) is 39.4 Å². The minimum absolute atomic E-state index is 0.415. The van der Waals surface area contributed by atoms with Gasteiger partial charge in [0.1, 0.15) is 0 Å². The van der Waals surface area contributed by atoms with Gasteiger partial charge in [0.15, 0.2) is 0 Å². The van der Waals surface area contributed by atoms with Crippen LogP contribution in [0, 0.1) is 0 Å². The Hall–Kier alpha value is -1.07. The Kier molecular flexibility index (Phi) is 4.09. The van der Waals surface area contributed by atoms with Crippen molar-refractivity contribution in [1.82, 2.24) is 15.2 Å². The van der Waals surface area contributed by atoms with E-state index in [1.54, 1.807) is 0 Å². The first-order chi connectivity index (χ1) is 10.8. The lowest BCUT2D eigenvalue weighted by Gasteiger charge is -2.30. The molecule has 1 atom stereocenters. The third-order valence-corrected chi connectivity index (χ3v) is 5.09. The van der Waals surface area contributed by atoms with Gasteiger partial charge in [-0.2, -0.15) is 0 Å². The standard InChI is InChI=1S/C17H22ClN3O/c18-12-1-2-13-14-3-5-19-15(17(14)20-16(13)11-12)4-6-21-7-9-22-10-8-21/h1-2,11,15,19-20H,3-10H2/t15-/m0/s1. The molecule has 22 heavy (non-hydrogen) atoms. The maximum Gasteiger partial charge on any atom is 0.0594 e. The molecule has 3 heterocycles. The molecule has 4 rings (SSSR count). The first-order valence-corrected chi connectivity index (χ1v) is 8.52. The molecule has 2 N–H and O–H groups in total. The van der Waals surface area contributed by atoms with Crippen LogP contribution in [0.1, 0.15) is 23.7 Å². The zero-order valence-corrected chi connectivity index (χ0v) is 13.5. The minimum atomic E-state index is 0.415. The monoisotopic (exact) mass is 319 g/mol. The number of morpholine rings is 1. The fourth-order valence-electron chi connectivity index (χ4n) is 3.67. The molecule has 0 aliphatic carbocycles. The van der Waals surface area contributed by atoms with Gasteiger partial charge in [-0.05, 0) is 37.1 Å². The Bertz CT molecular complexity index is 663. The summed E-state index contributed by atoms with van der Waals surface area (Å²) in [5.74, 6) is 0. The van der Waals surface area contributed by atoms with E-state index in [1.807, 2.05) is 12.1 Å². The van der Waals surface area contributed by atoms with Crippen LogP contribution in [0.25, 0.3) is 10.9 Å². The van der Waals surface area contributed by atoms with E-state index >= 15 is 0 Å². The molecule has 1 fully saturated rings. The lowest BCUT2D eigenvalue weighted by Crippen LogP contribution is -2.39. The summed E-state index contributed by atoms with van der Waals surface area (Å²) < 4.78 is 5.42. The van der Waals surface area contributed by atoms with Crippen molar-refractivity contribution in [2.24, 2.45) is 0 Å². The number of hydrogen-bond acceptors (Lipinski definition) is 3. The average Bonchev–Trinajstić information content (AvgIpc) is 2.92. The fraction of sp³-hybridized carbons (Fsp3) is 0.529. The predicted molar refractivity (Wildman–Crippen MR) is 89.6 cm³/mol. The van der Waals surface area contributed by atoms with Crippen LogP contribution in [0.15, 0.2) is 18.2 Å². The van der Waals surface area contributed by atoms with Gasteiger partial charge in [-0.1, -0.05) is 17.7 Å². The topological polar surface area (TPSA) is 40.3 Å². The van der Waals surface area contributed by atoms with Crippen LogP contribution >= 0.6 is 11.6 Å².